The molecular formula is C12H14O. The molecule has 1 rings (SSSR count). The summed E-state index contributed by atoms with van der Waals surface area (Å²) in [6.45, 7) is 3.84. The summed E-state index contributed by atoms with van der Waals surface area (Å²) in [6.07, 6.45) is 3.82. The van der Waals surface area contributed by atoms with Crippen LogP contribution < -0.4 is 0 Å². The minimum Gasteiger partial charge on any atom is -0.294 e. The van der Waals surface area contributed by atoms with Crippen LogP contribution in [0, 0.1) is 5.92 Å². The number of carbonyl (C=O) groups is 1. The summed E-state index contributed by atoms with van der Waals surface area (Å²) in [4.78, 5) is 11.7. The molecular weight excluding hydrogens is 160 g/mol. The molecule has 13 heavy (non-hydrogen) atoms. The molecule has 1 unspecified atom stereocenters. The summed E-state index contributed by atoms with van der Waals surface area (Å²) in [5, 5.41) is 0. The summed E-state index contributed by atoms with van der Waals surface area (Å²) in [5.74, 6) is 0.158. The summed E-state index contributed by atoms with van der Waals surface area (Å²) in [6, 6.07) is 9.38. The molecule has 0 N–H and O–H groups in total. The summed E-state index contributed by atoms with van der Waals surface area (Å²) < 4.78 is 0. The molecule has 0 saturated carbocycles. The highest BCUT2D eigenvalue weighted by molar-refractivity contribution is 5.98. The van der Waals surface area contributed by atoms with Crippen molar-refractivity contribution < 1.29 is 4.79 Å². The SMILES string of the molecule is CC=CC(C)C(=O)c1ccccc1. The van der Waals surface area contributed by atoms with Crippen molar-refractivity contribution in [2.75, 3.05) is 0 Å². The third-order valence-electron chi connectivity index (χ3n) is 1.95. The first kappa shape index (κ1) is 9.72. The van der Waals surface area contributed by atoms with Crippen molar-refractivity contribution in [3.05, 3.63) is 48.0 Å². The predicted octanol–water partition coefficient (Wildman–Crippen LogP) is 3.08. The Hall–Kier alpha value is -1.37. The van der Waals surface area contributed by atoms with Gasteiger partial charge in [0, 0.05) is 11.5 Å². The Labute approximate surface area is 79.1 Å². The molecule has 0 bridgehead atoms. The molecule has 0 fully saturated rings. The van der Waals surface area contributed by atoms with Gasteiger partial charge >= 0.3 is 0 Å². The minimum atomic E-state index is -0.0209. The average molecular weight is 174 g/mol. The van der Waals surface area contributed by atoms with Gasteiger partial charge in [0.05, 0.1) is 0 Å². The van der Waals surface area contributed by atoms with Crippen LogP contribution in [-0.4, -0.2) is 5.78 Å². The van der Waals surface area contributed by atoms with Gasteiger partial charge in [0.1, 0.15) is 0 Å². The van der Waals surface area contributed by atoms with E-state index in [1.165, 1.54) is 0 Å². The van der Waals surface area contributed by atoms with Gasteiger partial charge in [-0.15, -0.1) is 0 Å². The Bertz CT molecular complexity index is 298. The van der Waals surface area contributed by atoms with Crippen LogP contribution >= 0.6 is 0 Å². The van der Waals surface area contributed by atoms with Gasteiger partial charge in [0.2, 0.25) is 0 Å². The molecule has 1 aromatic carbocycles. The highest BCUT2D eigenvalue weighted by Gasteiger charge is 2.10. The number of carbonyl (C=O) groups excluding carboxylic acids is 1. The van der Waals surface area contributed by atoms with Crippen molar-refractivity contribution in [3.8, 4) is 0 Å². The van der Waals surface area contributed by atoms with Crippen molar-refractivity contribution >= 4 is 5.78 Å². The largest absolute Gasteiger partial charge is 0.294 e. The van der Waals surface area contributed by atoms with E-state index in [0.29, 0.717) is 0 Å². The summed E-state index contributed by atoms with van der Waals surface area (Å²) in [7, 11) is 0. The fourth-order valence-electron chi connectivity index (χ4n) is 1.24. The minimum absolute atomic E-state index is 0.0209. The van der Waals surface area contributed by atoms with Crippen LogP contribution in [-0.2, 0) is 0 Å². The monoisotopic (exact) mass is 174 g/mol. The highest BCUT2D eigenvalue weighted by Crippen LogP contribution is 2.09. The van der Waals surface area contributed by atoms with E-state index in [4.69, 9.17) is 0 Å². The molecule has 0 heterocycles. The third kappa shape index (κ3) is 2.55. The second-order valence-electron chi connectivity index (χ2n) is 3.04. The smallest absolute Gasteiger partial charge is 0.169 e. The van der Waals surface area contributed by atoms with Gasteiger partial charge in [-0.1, -0.05) is 49.4 Å². The van der Waals surface area contributed by atoms with Crippen LogP contribution in [0.5, 0.6) is 0 Å². The predicted molar refractivity (Wildman–Crippen MR) is 54.8 cm³/mol. The molecule has 0 aliphatic heterocycles. The quantitative estimate of drug-likeness (QED) is 0.508. The summed E-state index contributed by atoms with van der Waals surface area (Å²) in [5.41, 5.74) is 0.785. The normalized spacial score (nSPS) is 13.1. The Kier molecular flexibility index (Phi) is 3.44. The van der Waals surface area contributed by atoms with Crippen molar-refractivity contribution in [2.24, 2.45) is 5.92 Å². The fourth-order valence-corrected chi connectivity index (χ4v) is 1.24. The Morgan fingerprint density at radius 2 is 1.92 bits per heavy atom. The molecule has 0 saturated heterocycles. The van der Waals surface area contributed by atoms with Crippen molar-refractivity contribution in [2.45, 2.75) is 13.8 Å². The molecule has 0 amide bonds. The van der Waals surface area contributed by atoms with Crippen molar-refractivity contribution in [1.29, 1.82) is 0 Å². The van der Waals surface area contributed by atoms with Crippen LogP contribution in [0.15, 0.2) is 42.5 Å². The van der Waals surface area contributed by atoms with E-state index in [-0.39, 0.29) is 11.7 Å². The molecule has 0 radical (unpaired) electrons. The number of ketones is 1. The van der Waals surface area contributed by atoms with E-state index in [1.54, 1.807) is 0 Å². The number of benzene rings is 1. The number of rotatable bonds is 3. The average Bonchev–Trinajstić information content (AvgIpc) is 2.18. The van der Waals surface area contributed by atoms with E-state index in [0.717, 1.165) is 5.56 Å². The Morgan fingerprint density at radius 3 is 2.46 bits per heavy atom. The van der Waals surface area contributed by atoms with E-state index < -0.39 is 0 Å². The lowest BCUT2D eigenvalue weighted by Crippen LogP contribution is -2.08. The van der Waals surface area contributed by atoms with Gasteiger partial charge in [-0.3, -0.25) is 4.79 Å². The molecule has 0 aliphatic carbocycles. The van der Waals surface area contributed by atoms with Gasteiger partial charge in [0.25, 0.3) is 0 Å². The number of allylic oxidation sites excluding steroid dienone is 2. The molecule has 1 atom stereocenters. The highest BCUT2D eigenvalue weighted by atomic mass is 16.1. The van der Waals surface area contributed by atoms with E-state index in [2.05, 4.69) is 0 Å². The Balaban J connectivity index is 2.80. The second-order valence-corrected chi connectivity index (χ2v) is 3.04. The van der Waals surface area contributed by atoms with Gasteiger partial charge < -0.3 is 0 Å². The van der Waals surface area contributed by atoms with Crippen LogP contribution in [0.1, 0.15) is 24.2 Å². The lowest BCUT2D eigenvalue weighted by Gasteiger charge is -2.04. The standard InChI is InChI=1S/C12H14O/c1-3-7-10(2)12(13)11-8-5-4-6-9-11/h3-10H,1-2H3. The zero-order valence-corrected chi connectivity index (χ0v) is 8.03. The van der Waals surface area contributed by atoms with Gasteiger partial charge in [-0.2, -0.15) is 0 Å². The van der Waals surface area contributed by atoms with Crippen LogP contribution in [0.4, 0.5) is 0 Å². The molecule has 68 valence electrons. The van der Waals surface area contributed by atoms with Crippen LogP contribution in [0.3, 0.4) is 0 Å². The maximum Gasteiger partial charge on any atom is 0.169 e. The Morgan fingerprint density at radius 1 is 1.31 bits per heavy atom. The first-order valence-corrected chi connectivity index (χ1v) is 4.47. The second kappa shape index (κ2) is 4.61. The topological polar surface area (TPSA) is 17.1 Å². The van der Waals surface area contributed by atoms with Crippen LogP contribution in [0.2, 0.25) is 0 Å². The van der Waals surface area contributed by atoms with Crippen molar-refractivity contribution in [1.82, 2.24) is 0 Å². The molecule has 0 spiro atoms. The van der Waals surface area contributed by atoms with Gasteiger partial charge in [-0.25, -0.2) is 0 Å². The zero-order valence-electron chi connectivity index (χ0n) is 8.03. The lowest BCUT2D eigenvalue weighted by atomic mass is 9.99. The fraction of sp³-hybridized carbons (Fsp3) is 0.250. The van der Waals surface area contributed by atoms with Gasteiger partial charge in [-0.05, 0) is 6.92 Å². The maximum atomic E-state index is 11.7. The number of hydrogen-bond donors (Lipinski definition) is 0. The first-order chi connectivity index (χ1) is 6.25. The van der Waals surface area contributed by atoms with E-state index in [9.17, 15) is 4.79 Å². The van der Waals surface area contributed by atoms with E-state index >= 15 is 0 Å². The molecule has 1 nitrogen and oxygen atoms in total. The third-order valence-corrected chi connectivity index (χ3v) is 1.95. The number of Topliss-reactive ketones (excluding diaryl/α,β-unsaturated/α-hetero) is 1. The first-order valence-electron chi connectivity index (χ1n) is 4.47. The summed E-state index contributed by atoms with van der Waals surface area (Å²) >= 11 is 0. The number of hydrogen-bond acceptors (Lipinski definition) is 1. The molecule has 0 aromatic heterocycles. The molecule has 1 heteroatoms. The zero-order chi connectivity index (χ0) is 9.68. The van der Waals surface area contributed by atoms with Crippen molar-refractivity contribution in [3.63, 3.8) is 0 Å². The van der Waals surface area contributed by atoms with E-state index in [1.807, 2.05) is 56.3 Å². The van der Waals surface area contributed by atoms with Gasteiger partial charge in [0.15, 0.2) is 5.78 Å². The molecule has 0 aliphatic rings. The molecule has 1 aromatic rings. The maximum absolute atomic E-state index is 11.7. The van der Waals surface area contributed by atoms with Crippen LogP contribution in [0.25, 0.3) is 0 Å². The lowest BCUT2D eigenvalue weighted by molar-refractivity contribution is 0.0953.